The van der Waals surface area contributed by atoms with Crippen molar-refractivity contribution in [1.82, 2.24) is 0 Å². The van der Waals surface area contributed by atoms with Crippen molar-refractivity contribution in [2.45, 2.75) is 118 Å². The largest absolute Gasteiger partial charge is 0.337 e. The van der Waals surface area contributed by atoms with Crippen molar-refractivity contribution in [3.8, 4) is 11.5 Å². The van der Waals surface area contributed by atoms with E-state index in [1.165, 1.54) is 0 Å². The maximum Gasteiger partial charge on any atom is 0.165 e. The molecule has 2 aromatic rings. The van der Waals surface area contributed by atoms with Crippen molar-refractivity contribution in [3.63, 3.8) is 0 Å². The van der Waals surface area contributed by atoms with Gasteiger partial charge in [0.1, 0.15) is 11.2 Å². The number of benzene rings is 2. The quantitative estimate of drug-likeness (QED) is 0.194. The van der Waals surface area contributed by atoms with Crippen LogP contribution in [-0.2, 0) is 29.3 Å². The molecule has 0 aliphatic carbocycles. The van der Waals surface area contributed by atoms with Crippen LogP contribution in [0.15, 0.2) is 48.5 Å². The van der Waals surface area contributed by atoms with E-state index >= 15 is 0 Å². The van der Waals surface area contributed by atoms with E-state index in [1.54, 1.807) is 0 Å². The summed E-state index contributed by atoms with van der Waals surface area (Å²) in [5, 5.41) is 0. The topological polar surface area (TPSA) is 73.8 Å². The molecule has 0 N–H and O–H groups in total. The average molecular weight is 535 g/mol. The zero-order valence-corrected chi connectivity index (χ0v) is 25.0. The number of rotatable bonds is 13. The van der Waals surface area contributed by atoms with Gasteiger partial charge in [0.05, 0.1) is 11.2 Å². The van der Waals surface area contributed by atoms with Gasteiger partial charge in [-0.15, -0.1) is 0 Å². The fourth-order valence-electron chi connectivity index (χ4n) is 3.19. The highest BCUT2D eigenvalue weighted by molar-refractivity contribution is 5.27. The third kappa shape index (κ3) is 10.9. The lowest BCUT2D eigenvalue weighted by molar-refractivity contribution is -0.482. The van der Waals surface area contributed by atoms with E-state index in [4.69, 9.17) is 39.1 Å². The molecular formula is C30H46O8. The number of hydrogen-bond donors (Lipinski definition) is 0. The molecule has 0 bridgehead atoms. The molecule has 0 aliphatic rings. The molecule has 2 rings (SSSR count). The minimum Gasteiger partial charge on any atom is -0.337 e. The Bertz CT molecular complexity index is 922. The maximum absolute atomic E-state index is 6.02. The minimum atomic E-state index is -1.12. The van der Waals surface area contributed by atoms with Crippen LogP contribution in [0.3, 0.4) is 0 Å². The molecule has 0 aromatic heterocycles. The zero-order chi connectivity index (χ0) is 28.8. The second-order valence-corrected chi connectivity index (χ2v) is 12.6. The molecule has 8 nitrogen and oxygen atoms in total. The second-order valence-electron chi connectivity index (χ2n) is 12.6. The van der Waals surface area contributed by atoms with Crippen molar-refractivity contribution >= 4 is 0 Å². The van der Waals surface area contributed by atoms with Gasteiger partial charge >= 0.3 is 0 Å². The SMILES string of the molecule is Cc1cccc(OOC(C)(C)C(OOC(C)(C)C)C(OOC(C)(C)C)C(C)(C)OOc2cccc(C)c2)c1. The molecule has 0 amide bonds. The van der Waals surface area contributed by atoms with Gasteiger partial charge in [0.2, 0.25) is 0 Å². The Kier molecular flexibility index (Phi) is 10.8. The van der Waals surface area contributed by atoms with E-state index in [1.807, 2.05) is 132 Å². The molecule has 2 atom stereocenters. The Labute approximate surface area is 228 Å². The van der Waals surface area contributed by atoms with Crippen LogP contribution >= 0.6 is 0 Å². The lowest BCUT2D eigenvalue weighted by atomic mass is 9.88. The van der Waals surface area contributed by atoms with Crippen LogP contribution in [0.4, 0.5) is 0 Å². The van der Waals surface area contributed by atoms with Gasteiger partial charge in [0, 0.05) is 0 Å². The predicted molar refractivity (Wildman–Crippen MR) is 145 cm³/mol. The molecule has 0 heterocycles. The van der Waals surface area contributed by atoms with E-state index in [2.05, 4.69) is 0 Å². The first-order valence-corrected chi connectivity index (χ1v) is 12.9. The molecule has 0 saturated heterocycles. The molecule has 2 unspecified atom stereocenters. The highest BCUT2D eigenvalue weighted by Crippen LogP contribution is 2.34. The first-order chi connectivity index (χ1) is 17.4. The van der Waals surface area contributed by atoms with Crippen LogP contribution in [0.2, 0.25) is 0 Å². The standard InChI is InChI=1S/C30H46O8/c1-21-15-13-17-23(19-21)31-37-29(9,10)25(33-35-27(3,4)5)26(34-36-28(6,7)8)30(11,12)38-32-24-18-14-16-22(2)20-24/h13-20,25-26H,1-12H3. The van der Waals surface area contributed by atoms with Gasteiger partial charge in [-0.1, -0.05) is 24.3 Å². The van der Waals surface area contributed by atoms with Crippen LogP contribution in [0.1, 0.15) is 80.4 Å². The van der Waals surface area contributed by atoms with E-state index in [0.717, 1.165) is 11.1 Å². The third-order valence-corrected chi connectivity index (χ3v) is 5.13. The van der Waals surface area contributed by atoms with Crippen molar-refractivity contribution in [2.24, 2.45) is 0 Å². The Morgan fingerprint density at radius 3 is 1.13 bits per heavy atom. The van der Waals surface area contributed by atoms with E-state index < -0.39 is 34.6 Å². The van der Waals surface area contributed by atoms with E-state index in [0.29, 0.717) is 11.5 Å². The summed E-state index contributed by atoms with van der Waals surface area (Å²) in [5.74, 6) is 1.10. The summed E-state index contributed by atoms with van der Waals surface area (Å²) in [7, 11) is 0. The smallest absolute Gasteiger partial charge is 0.165 e. The van der Waals surface area contributed by atoms with Crippen molar-refractivity contribution < 1.29 is 39.1 Å². The molecule has 38 heavy (non-hydrogen) atoms. The molecule has 0 spiro atoms. The predicted octanol–water partition coefficient (Wildman–Crippen LogP) is 7.41. The van der Waals surface area contributed by atoms with Gasteiger partial charge in [-0.2, -0.15) is 9.78 Å². The van der Waals surface area contributed by atoms with Crippen LogP contribution in [-0.4, -0.2) is 34.6 Å². The monoisotopic (exact) mass is 534 g/mol. The van der Waals surface area contributed by atoms with Crippen LogP contribution < -0.4 is 9.78 Å². The molecule has 2 aromatic carbocycles. The summed E-state index contributed by atoms with van der Waals surface area (Å²) in [6.07, 6.45) is -1.82. The molecule has 0 radical (unpaired) electrons. The summed E-state index contributed by atoms with van der Waals surface area (Å²) in [5.41, 5.74) is -1.41. The Balaban J connectivity index is 2.39. The zero-order valence-electron chi connectivity index (χ0n) is 25.0. The fourth-order valence-corrected chi connectivity index (χ4v) is 3.19. The highest BCUT2D eigenvalue weighted by Gasteiger charge is 2.51. The van der Waals surface area contributed by atoms with E-state index in [-0.39, 0.29) is 0 Å². The van der Waals surface area contributed by atoms with Gasteiger partial charge in [-0.05, 0) is 118 Å². The van der Waals surface area contributed by atoms with Crippen LogP contribution in [0, 0.1) is 13.8 Å². The summed E-state index contributed by atoms with van der Waals surface area (Å²) in [6.45, 7) is 22.5. The molecule has 0 aliphatic heterocycles. The highest BCUT2D eigenvalue weighted by atomic mass is 17.3. The molecular weight excluding hydrogens is 488 g/mol. The molecule has 214 valence electrons. The number of hydrogen-bond acceptors (Lipinski definition) is 8. The third-order valence-electron chi connectivity index (χ3n) is 5.13. The second kappa shape index (κ2) is 12.8. The van der Waals surface area contributed by atoms with Gasteiger partial charge in [-0.25, -0.2) is 19.6 Å². The lowest BCUT2D eigenvalue weighted by Gasteiger charge is -2.42. The van der Waals surface area contributed by atoms with Crippen molar-refractivity contribution in [3.05, 3.63) is 59.7 Å². The molecule has 8 heteroatoms. The summed E-state index contributed by atoms with van der Waals surface area (Å²) < 4.78 is 0. The van der Waals surface area contributed by atoms with Gasteiger partial charge < -0.3 is 9.78 Å². The van der Waals surface area contributed by atoms with Gasteiger partial charge in [0.25, 0.3) is 0 Å². The lowest BCUT2D eigenvalue weighted by Crippen LogP contribution is -2.59. The van der Waals surface area contributed by atoms with Crippen molar-refractivity contribution in [2.75, 3.05) is 0 Å². The fraction of sp³-hybridized carbons (Fsp3) is 0.600. The number of aryl methyl sites for hydroxylation is 2. The van der Waals surface area contributed by atoms with E-state index in [9.17, 15) is 0 Å². The Hall–Kier alpha value is -2.20. The van der Waals surface area contributed by atoms with Crippen LogP contribution in [0.25, 0.3) is 0 Å². The van der Waals surface area contributed by atoms with Crippen molar-refractivity contribution in [1.29, 1.82) is 0 Å². The minimum absolute atomic E-state index is 0.551. The van der Waals surface area contributed by atoms with Gasteiger partial charge in [-0.3, -0.25) is 0 Å². The first-order valence-electron chi connectivity index (χ1n) is 12.9. The summed E-state index contributed by atoms with van der Waals surface area (Å²) in [4.78, 5) is 46.9. The molecule has 0 saturated carbocycles. The normalized spacial score (nSPS) is 14.7. The average Bonchev–Trinajstić information content (AvgIpc) is 2.77. The summed E-state index contributed by atoms with van der Waals surface area (Å²) in [6, 6.07) is 15.1. The summed E-state index contributed by atoms with van der Waals surface area (Å²) >= 11 is 0. The van der Waals surface area contributed by atoms with Crippen LogP contribution in [0.5, 0.6) is 11.5 Å². The Morgan fingerprint density at radius 1 is 0.500 bits per heavy atom. The maximum atomic E-state index is 6.02. The first kappa shape index (κ1) is 32.0. The molecule has 0 fully saturated rings. The van der Waals surface area contributed by atoms with Gasteiger partial charge in [0.15, 0.2) is 23.7 Å². The Morgan fingerprint density at radius 2 is 0.842 bits per heavy atom.